The summed E-state index contributed by atoms with van der Waals surface area (Å²) in [4.78, 5) is 31.8. The van der Waals surface area contributed by atoms with Crippen LogP contribution in [0.1, 0.15) is 23.2 Å². The van der Waals surface area contributed by atoms with Gasteiger partial charge in [0.25, 0.3) is 11.6 Å². The number of carboxylic acids is 1. The molecule has 0 fully saturated rings. The van der Waals surface area contributed by atoms with E-state index < -0.39 is 16.8 Å². The number of carbonyl (C=O) groups excluding carboxylic acids is 1. The highest BCUT2D eigenvalue weighted by atomic mass is 35.5. The molecule has 0 saturated heterocycles. The fourth-order valence-electron chi connectivity index (χ4n) is 1.34. The number of nitrogens with one attached hydrogen (secondary N) is 1. The van der Waals surface area contributed by atoms with Gasteiger partial charge in [0.2, 0.25) is 0 Å². The van der Waals surface area contributed by atoms with E-state index >= 15 is 0 Å². The molecule has 0 spiro atoms. The van der Waals surface area contributed by atoms with Gasteiger partial charge in [-0.15, -0.1) is 0 Å². The van der Waals surface area contributed by atoms with Crippen LogP contribution in [0.25, 0.3) is 0 Å². The number of nitro benzene ring substituents is 1. The summed E-state index contributed by atoms with van der Waals surface area (Å²) in [5, 5.41) is 21.4. The standard InChI is InChI=1S/C11H11ClN2O5/c12-9-6-7(14(18)19)3-4-8(9)11(17)13-5-1-2-10(15)16/h3-4,6H,1-2,5H2,(H,13,17)(H,15,16). The first-order chi connectivity index (χ1) is 8.91. The molecule has 0 aliphatic heterocycles. The maximum Gasteiger partial charge on any atom is 0.303 e. The number of benzene rings is 1. The van der Waals surface area contributed by atoms with Crippen molar-refractivity contribution < 1.29 is 19.6 Å². The maximum atomic E-state index is 11.7. The Morgan fingerprint density at radius 1 is 1.42 bits per heavy atom. The third-order valence-electron chi connectivity index (χ3n) is 2.26. The zero-order valence-electron chi connectivity index (χ0n) is 9.76. The van der Waals surface area contributed by atoms with Gasteiger partial charge in [0.05, 0.1) is 15.5 Å². The summed E-state index contributed by atoms with van der Waals surface area (Å²) in [5.41, 5.74) is -0.0879. The smallest absolute Gasteiger partial charge is 0.303 e. The second-order valence-corrected chi connectivity index (χ2v) is 4.08. The summed E-state index contributed by atoms with van der Waals surface area (Å²) >= 11 is 5.77. The predicted octanol–water partition coefficient (Wildman–Crippen LogP) is 1.84. The molecule has 0 heterocycles. The van der Waals surface area contributed by atoms with E-state index in [0.717, 1.165) is 6.07 Å². The molecule has 0 aliphatic carbocycles. The van der Waals surface area contributed by atoms with E-state index in [9.17, 15) is 19.7 Å². The Morgan fingerprint density at radius 2 is 2.11 bits per heavy atom. The van der Waals surface area contributed by atoms with Crippen LogP contribution >= 0.6 is 11.6 Å². The van der Waals surface area contributed by atoms with E-state index in [1.807, 2.05) is 0 Å². The second-order valence-electron chi connectivity index (χ2n) is 3.67. The van der Waals surface area contributed by atoms with Crippen LogP contribution in [0.4, 0.5) is 5.69 Å². The number of non-ortho nitro benzene ring substituents is 1. The summed E-state index contributed by atoms with van der Waals surface area (Å²) < 4.78 is 0. The van der Waals surface area contributed by atoms with Gasteiger partial charge in [-0.2, -0.15) is 0 Å². The molecule has 0 bridgehead atoms. The van der Waals surface area contributed by atoms with Gasteiger partial charge < -0.3 is 10.4 Å². The molecule has 0 atom stereocenters. The van der Waals surface area contributed by atoms with E-state index in [0.29, 0.717) is 6.42 Å². The largest absolute Gasteiger partial charge is 0.481 e. The van der Waals surface area contributed by atoms with Crippen molar-refractivity contribution in [2.24, 2.45) is 0 Å². The molecule has 0 aromatic heterocycles. The monoisotopic (exact) mass is 286 g/mol. The lowest BCUT2D eigenvalue weighted by Gasteiger charge is -2.05. The van der Waals surface area contributed by atoms with Crippen LogP contribution in [0.15, 0.2) is 18.2 Å². The number of aliphatic carboxylic acids is 1. The average Bonchev–Trinajstić information content (AvgIpc) is 2.33. The van der Waals surface area contributed by atoms with Crippen LogP contribution in [0, 0.1) is 10.1 Å². The molecule has 2 N–H and O–H groups in total. The van der Waals surface area contributed by atoms with E-state index in [4.69, 9.17) is 16.7 Å². The first-order valence-electron chi connectivity index (χ1n) is 5.35. The number of carbonyl (C=O) groups is 2. The summed E-state index contributed by atoms with van der Waals surface area (Å²) in [6.07, 6.45) is 0.250. The van der Waals surface area contributed by atoms with Gasteiger partial charge in [-0.05, 0) is 12.5 Å². The second kappa shape index (κ2) is 6.69. The number of amides is 1. The Labute approximate surface area is 113 Å². The molecular formula is C11H11ClN2O5. The van der Waals surface area contributed by atoms with Crippen molar-refractivity contribution in [2.75, 3.05) is 6.54 Å². The fourth-order valence-corrected chi connectivity index (χ4v) is 1.60. The summed E-state index contributed by atoms with van der Waals surface area (Å²) in [7, 11) is 0. The van der Waals surface area contributed by atoms with E-state index in [2.05, 4.69) is 5.32 Å². The summed E-state index contributed by atoms with van der Waals surface area (Å²) in [6, 6.07) is 3.53. The topological polar surface area (TPSA) is 110 Å². The number of nitrogens with zero attached hydrogens (tertiary/aromatic N) is 1. The Bertz CT molecular complexity index is 518. The first kappa shape index (κ1) is 14.9. The number of rotatable bonds is 6. The lowest BCUT2D eigenvalue weighted by molar-refractivity contribution is -0.384. The van der Waals surface area contributed by atoms with Gasteiger partial charge in [0, 0.05) is 25.1 Å². The van der Waals surface area contributed by atoms with Crippen LogP contribution in [0.3, 0.4) is 0 Å². The number of halogens is 1. The van der Waals surface area contributed by atoms with Gasteiger partial charge >= 0.3 is 5.97 Å². The van der Waals surface area contributed by atoms with Crippen molar-refractivity contribution in [3.63, 3.8) is 0 Å². The van der Waals surface area contributed by atoms with Gasteiger partial charge in [-0.25, -0.2) is 0 Å². The number of hydrogen-bond donors (Lipinski definition) is 2. The highest BCUT2D eigenvalue weighted by molar-refractivity contribution is 6.34. The zero-order chi connectivity index (χ0) is 14.4. The minimum Gasteiger partial charge on any atom is -0.481 e. The lowest BCUT2D eigenvalue weighted by Crippen LogP contribution is -2.25. The quantitative estimate of drug-likeness (QED) is 0.471. The normalized spacial score (nSPS) is 9.95. The van der Waals surface area contributed by atoms with E-state index in [-0.39, 0.29) is 29.2 Å². The molecule has 1 rings (SSSR count). The number of nitro groups is 1. The first-order valence-corrected chi connectivity index (χ1v) is 5.73. The third kappa shape index (κ3) is 4.55. The Balaban J connectivity index is 2.62. The van der Waals surface area contributed by atoms with Crippen molar-refractivity contribution in [3.05, 3.63) is 38.9 Å². The molecule has 0 aliphatic rings. The maximum absolute atomic E-state index is 11.7. The Morgan fingerprint density at radius 3 is 2.63 bits per heavy atom. The number of carboxylic acid groups (broad SMARTS) is 1. The SMILES string of the molecule is O=C(O)CCCNC(=O)c1ccc([N+](=O)[O-])cc1Cl. The molecule has 0 radical (unpaired) electrons. The van der Waals surface area contributed by atoms with Crippen molar-refractivity contribution in [2.45, 2.75) is 12.8 Å². The van der Waals surface area contributed by atoms with Crippen LogP contribution in [0.2, 0.25) is 5.02 Å². The molecule has 7 nitrogen and oxygen atoms in total. The Hall–Kier alpha value is -2.15. The molecule has 0 saturated carbocycles. The van der Waals surface area contributed by atoms with Gasteiger partial charge in [0.15, 0.2) is 0 Å². The van der Waals surface area contributed by atoms with Crippen molar-refractivity contribution in [1.82, 2.24) is 5.32 Å². The molecule has 0 unspecified atom stereocenters. The van der Waals surface area contributed by atoms with Gasteiger partial charge in [0.1, 0.15) is 0 Å². The van der Waals surface area contributed by atoms with Gasteiger partial charge in [-0.3, -0.25) is 19.7 Å². The van der Waals surface area contributed by atoms with Crippen molar-refractivity contribution in [3.8, 4) is 0 Å². The minimum atomic E-state index is -0.942. The molecule has 8 heteroatoms. The van der Waals surface area contributed by atoms with E-state index in [1.165, 1.54) is 12.1 Å². The minimum absolute atomic E-state index is 0.0232. The lowest BCUT2D eigenvalue weighted by atomic mass is 10.2. The highest BCUT2D eigenvalue weighted by Gasteiger charge is 2.14. The van der Waals surface area contributed by atoms with Gasteiger partial charge in [-0.1, -0.05) is 11.6 Å². The summed E-state index contributed by atoms with van der Waals surface area (Å²) in [6.45, 7) is 0.193. The van der Waals surface area contributed by atoms with Crippen LogP contribution in [-0.2, 0) is 4.79 Å². The van der Waals surface area contributed by atoms with Crippen molar-refractivity contribution in [1.29, 1.82) is 0 Å². The molecule has 1 aromatic rings. The van der Waals surface area contributed by atoms with Crippen LogP contribution in [0.5, 0.6) is 0 Å². The zero-order valence-corrected chi connectivity index (χ0v) is 10.5. The molecular weight excluding hydrogens is 276 g/mol. The predicted molar refractivity (Wildman–Crippen MR) is 67.3 cm³/mol. The average molecular weight is 287 g/mol. The highest BCUT2D eigenvalue weighted by Crippen LogP contribution is 2.22. The molecule has 1 amide bonds. The molecule has 102 valence electrons. The van der Waals surface area contributed by atoms with E-state index in [1.54, 1.807) is 0 Å². The Kier molecular flexibility index (Phi) is 5.25. The molecule has 19 heavy (non-hydrogen) atoms. The van der Waals surface area contributed by atoms with Crippen LogP contribution in [-0.4, -0.2) is 28.5 Å². The third-order valence-corrected chi connectivity index (χ3v) is 2.57. The van der Waals surface area contributed by atoms with Crippen LogP contribution < -0.4 is 5.32 Å². The number of hydrogen-bond acceptors (Lipinski definition) is 4. The fraction of sp³-hybridized carbons (Fsp3) is 0.273. The summed E-state index contributed by atoms with van der Waals surface area (Å²) in [5.74, 6) is -1.44. The molecule has 1 aromatic carbocycles. The van der Waals surface area contributed by atoms with Crippen molar-refractivity contribution >= 4 is 29.2 Å².